The van der Waals surface area contributed by atoms with Crippen LogP contribution in [0.15, 0.2) is 34.9 Å². The lowest BCUT2D eigenvalue weighted by Gasteiger charge is -2.00. The number of rotatable bonds is 1. The number of nitrogen functional groups attached to an aromatic ring is 1. The molecule has 0 saturated heterocycles. The largest absolute Gasteiger partial charge is 0.381 e. The number of benzene rings is 1. The van der Waals surface area contributed by atoms with Crippen LogP contribution in [0.4, 0.5) is 5.82 Å². The van der Waals surface area contributed by atoms with Crippen LogP contribution in [0.5, 0.6) is 0 Å². The highest BCUT2D eigenvalue weighted by molar-refractivity contribution is 9.10. The molecule has 0 bridgehead atoms. The minimum Gasteiger partial charge on any atom is -0.381 e. The highest BCUT2D eigenvalue weighted by atomic mass is 79.9. The van der Waals surface area contributed by atoms with Gasteiger partial charge in [-0.3, -0.25) is 0 Å². The maximum Gasteiger partial charge on any atom is 0.164 e. The van der Waals surface area contributed by atoms with Gasteiger partial charge in [-0.25, -0.2) is 4.68 Å². The first kappa shape index (κ1) is 9.55. The summed E-state index contributed by atoms with van der Waals surface area (Å²) in [5.74, 6) is 0.339. The quantitative estimate of drug-likeness (QED) is 0.867. The van der Waals surface area contributed by atoms with Gasteiger partial charge < -0.3 is 5.73 Å². The van der Waals surface area contributed by atoms with Crippen molar-refractivity contribution in [1.29, 1.82) is 0 Å². The average Bonchev–Trinajstić information content (AvgIpc) is 2.47. The van der Waals surface area contributed by atoms with Crippen LogP contribution in [0.25, 0.3) is 5.69 Å². The normalized spacial score (nSPS) is 10.4. The summed E-state index contributed by atoms with van der Waals surface area (Å²) in [5, 5.41) is 4.53. The van der Waals surface area contributed by atoms with Crippen molar-refractivity contribution >= 4 is 33.3 Å². The fourth-order valence-electron chi connectivity index (χ4n) is 1.12. The monoisotopic (exact) mass is 271 g/mol. The molecule has 0 fully saturated rings. The van der Waals surface area contributed by atoms with Crippen molar-refractivity contribution in [3.05, 3.63) is 40.0 Å². The summed E-state index contributed by atoms with van der Waals surface area (Å²) in [4.78, 5) is 0. The molecule has 0 spiro atoms. The molecule has 5 heteroatoms. The Bertz CT molecular complexity index is 447. The molecule has 72 valence electrons. The van der Waals surface area contributed by atoms with Crippen LogP contribution in [0.2, 0.25) is 5.02 Å². The summed E-state index contributed by atoms with van der Waals surface area (Å²) < 4.78 is 2.63. The Morgan fingerprint density at radius 2 is 2.21 bits per heavy atom. The van der Waals surface area contributed by atoms with Gasteiger partial charge in [-0.05, 0) is 18.2 Å². The minimum absolute atomic E-state index is 0.339. The Hall–Kier alpha value is -1.000. The van der Waals surface area contributed by atoms with Crippen LogP contribution >= 0.6 is 27.5 Å². The Kier molecular flexibility index (Phi) is 2.48. The molecular formula is C9H7BrClN3. The van der Waals surface area contributed by atoms with Crippen molar-refractivity contribution in [3.8, 4) is 5.69 Å². The molecule has 0 atom stereocenters. The van der Waals surface area contributed by atoms with Crippen LogP contribution in [0.3, 0.4) is 0 Å². The van der Waals surface area contributed by atoms with Crippen molar-refractivity contribution in [2.24, 2.45) is 0 Å². The Labute approximate surface area is 94.6 Å². The van der Waals surface area contributed by atoms with Crippen molar-refractivity contribution < 1.29 is 0 Å². The molecule has 0 aliphatic carbocycles. The molecule has 1 aromatic carbocycles. The van der Waals surface area contributed by atoms with Gasteiger partial charge in [-0.15, -0.1) is 5.10 Å². The number of aromatic nitrogens is 2. The summed E-state index contributed by atoms with van der Waals surface area (Å²) >= 11 is 9.18. The van der Waals surface area contributed by atoms with Gasteiger partial charge in [0.1, 0.15) is 5.02 Å². The smallest absolute Gasteiger partial charge is 0.164 e. The molecule has 0 aliphatic heterocycles. The van der Waals surface area contributed by atoms with Crippen LogP contribution in [0, 0.1) is 0 Å². The van der Waals surface area contributed by atoms with Gasteiger partial charge in [-0.2, -0.15) is 0 Å². The van der Waals surface area contributed by atoms with Gasteiger partial charge in [0.05, 0.1) is 11.9 Å². The molecule has 2 rings (SSSR count). The zero-order chi connectivity index (χ0) is 10.1. The fraction of sp³-hybridized carbons (Fsp3) is 0. The van der Waals surface area contributed by atoms with E-state index in [9.17, 15) is 0 Å². The number of nitrogens with zero attached hydrogens (tertiary/aromatic N) is 2. The number of nitrogens with two attached hydrogens (primary N) is 1. The van der Waals surface area contributed by atoms with Crippen LogP contribution < -0.4 is 5.73 Å². The number of anilines is 1. The second kappa shape index (κ2) is 3.63. The summed E-state index contributed by atoms with van der Waals surface area (Å²) in [6.45, 7) is 0. The third-order valence-corrected chi connectivity index (χ3v) is 2.55. The predicted octanol–water partition coefficient (Wildman–Crippen LogP) is 2.87. The molecule has 1 aromatic heterocycles. The molecule has 0 radical (unpaired) electrons. The molecule has 14 heavy (non-hydrogen) atoms. The third kappa shape index (κ3) is 1.76. The van der Waals surface area contributed by atoms with E-state index in [4.69, 9.17) is 17.3 Å². The van der Waals surface area contributed by atoms with Gasteiger partial charge in [0, 0.05) is 4.47 Å². The highest BCUT2D eigenvalue weighted by Gasteiger charge is 2.04. The SMILES string of the molecule is Nc1nn(-c2cccc(Br)c2)cc1Cl. The van der Waals surface area contributed by atoms with E-state index < -0.39 is 0 Å². The summed E-state index contributed by atoms with van der Waals surface area (Å²) in [6, 6.07) is 7.72. The first-order chi connectivity index (χ1) is 6.66. The zero-order valence-corrected chi connectivity index (χ0v) is 9.46. The van der Waals surface area contributed by atoms with Crippen LogP contribution in [-0.2, 0) is 0 Å². The summed E-state index contributed by atoms with van der Waals surface area (Å²) in [5.41, 5.74) is 6.46. The lowest BCUT2D eigenvalue weighted by atomic mass is 10.3. The van der Waals surface area contributed by atoms with Crippen LogP contribution in [0.1, 0.15) is 0 Å². The highest BCUT2D eigenvalue weighted by Crippen LogP contribution is 2.20. The van der Waals surface area contributed by atoms with E-state index in [2.05, 4.69) is 21.0 Å². The summed E-state index contributed by atoms with van der Waals surface area (Å²) in [7, 11) is 0. The molecule has 2 N–H and O–H groups in total. The fourth-order valence-corrected chi connectivity index (χ4v) is 1.63. The lowest BCUT2D eigenvalue weighted by molar-refractivity contribution is 0.885. The first-order valence-corrected chi connectivity index (χ1v) is 5.10. The molecule has 0 saturated carbocycles. The van der Waals surface area contributed by atoms with E-state index in [1.54, 1.807) is 10.9 Å². The Morgan fingerprint density at radius 3 is 2.79 bits per heavy atom. The Morgan fingerprint density at radius 1 is 1.43 bits per heavy atom. The van der Waals surface area contributed by atoms with E-state index in [0.29, 0.717) is 10.8 Å². The molecule has 2 aromatic rings. The molecule has 1 heterocycles. The third-order valence-electron chi connectivity index (χ3n) is 1.77. The van der Waals surface area contributed by atoms with E-state index in [1.807, 2.05) is 24.3 Å². The predicted molar refractivity (Wildman–Crippen MR) is 60.7 cm³/mol. The van der Waals surface area contributed by atoms with Gasteiger partial charge >= 0.3 is 0 Å². The minimum atomic E-state index is 0.339. The van der Waals surface area contributed by atoms with Gasteiger partial charge in [-0.1, -0.05) is 33.6 Å². The lowest BCUT2D eigenvalue weighted by Crippen LogP contribution is -1.95. The van der Waals surface area contributed by atoms with E-state index in [-0.39, 0.29) is 0 Å². The number of hydrogen-bond donors (Lipinski definition) is 1. The van der Waals surface area contributed by atoms with Crippen LogP contribution in [-0.4, -0.2) is 9.78 Å². The van der Waals surface area contributed by atoms with E-state index in [0.717, 1.165) is 10.2 Å². The van der Waals surface area contributed by atoms with Gasteiger partial charge in [0.25, 0.3) is 0 Å². The molecule has 0 unspecified atom stereocenters. The van der Waals surface area contributed by atoms with Crippen molar-refractivity contribution in [3.63, 3.8) is 0 Å². The van der Waals surface area contributed by atoms with E-state index >= 15 is 0 Å². The van der Waals surface area contributed by atoms with Crippen molar-refractivity contribution in [2.75, 3.05) is 5.73 Å². The van der Waals surface area contributed by atoms with Gasteiger partial charge in [0.2, 0.25) is 0 Å². The maximum atomic E-state index is 5.80. The molecule has 3 nitrogen and oxygen atoms in total. The van der Waals surface area contributed by atoms with Crippen molar-refractivity contribution in [1.82, 2.24) is 9.78 Å². The number of hydrogen-bond acceptors (Lipinski definition) is 2. The molecule has 0 aliphatic rings. The van der Waals surface area contributed by atoms with Crippen molar-refractivity contribution in [2.45, 2.75) is 0 Å². The first-order valence-electron chi connectivity index (χ1n) is 3.93. The van der Waals surface area contributed by atoms with Gasteiger partial charge in [0.15, 0.2) is 5.82 Å². The standard InChI is InChI=1S/C9H7BrClN3/c10-6-2-1-3-7(4-6)14-5-8(11)9(12)13-14/h1-5H,(H2,12,13). The maximum absolute atomic E-state index is 5.80. The average molecular weight is 273 g/mol. The number of halogens is 2. The second-order valence-electron chi connectivity index (χ2n) is 2.79. The molecular weight excluding hydrogens is 265 g/mol. The Balaban J connectivity index is 2.49. The van der Waals surface area contributed by atoms with E-state index in [1.165, 1.54) is 0 Å². The topological polar surface area (TPSA) is 43.8 Å². The molecule has 0 amide bonds. The second-order valence-corrected chi connectivity index (χ2v) is 4.11. The zero-order valence-electron chi connectivity index (χ0n) is 7.11. The summed E-state index contributed by atoms with van der Waals surface area (Å²) in [6.07, 6.45) is 1.68.